The Balaban J connectivity index is 2.07. The lowest BCUT2D eigenvalue weighted by molar-refractivity contribution is 1.43. The van der Waals surface area contributed by atoms with Crippen LogP contribution in [0.15, 0.2) is 24.3 Å². The lowest BCUT2D eigenvalue weighted by Gasteiger charge is -1.94. The highest BCUT2D eigenvalue weighted by Gasteiger charge is 2.13. The van der Waals surface area contributed by atoms with Crippen LogP contribution in [0.2, 0.25) is 0 Å². The molecule has 0 saturated heterocycles. The first-order chi connectivity index (χ1) is 7.38. The Morgan fingerprint density at radius 2 is 1.40 bits per heavy atom. The summed E-state index contributed by atoms with van der Waals surface area (Å²) in [5.74, 6) is 7.10. The first kappa shape index (κ1) is 9.81. The normalized spacial score (nSPS) is 15.4. The van der Waals surface area contributed by atoms with Gasteiger partial charge in [-0.15, -0.1) is 0 Å². The van der Waals surface area contributed by atoms with Crippen molar-refractivity contribution in [3.63, 3.8) is 0 Å². The number of hydrogen-bond acceptors (Lipinski definition) is 1. The lowest BCUT2D eigenvalue weighted by Crippen LogP contribution is -1.85. The van der Waals surface area contributed by atoms with E-state index < -0.39 is 0 Å². The summed E-state index contributed by atoms with van der Waals surface area (Å²) >= 11 is 0. The standard InChI is InChI=1S/C14H8N/c15-11-14-9-7-13(8-10-14)6-5-12-3-1-2-4-12/h1-4,7-10H. The lowest BCUT2D eigenvalue weighted by atomic mass is 10.1. The van der Waals surface area contributed by atoms with Crippen LogP contribution in [0, 0.1) is 54.8 Å². The van der Waals surface area contributed by atoms with Gasteiger partial charge in [-0.25, -0.2) is 0 Å². The van der Waals surface area contributed by atoms with Crippen molar-refractivity contribution in [1.82, 2.24) is 0 Å². The van der Waals surface area contributed by atoms with Crippen LogP contribution in [0.4, 0.5) is 0 Å². The largest absolute Gasteiger partial charge is 0.192 e. The highest BCUT2D eigenvalue weighted by Crippen LogP contribution is 2.21. The molecule has 1 saturated carbocycles. The summed E-state index contributed by atoms with van der Waals surface area (Å²) in [6.07, 6.45) is 7.86. The summed E-state index contributed by atoms with van der Waals surface area (Å²) in [6, 6.07) is 9.33. The van der Waals surface area contributed by atoms with Crippen molar-refractivity contribution in [2.24, 2.45) is 0 Å². The average molecular weight is 190 g/mol. The fourth-order valence-corrected chi connectivity index (χ4v) is 1.23. The molecule has 0 bridgehead atoms. The van der Waals surface area contributed by atoms with Crippen LogP contribution in [-0.2, 0) is 0 Å². The zero-order valence-corrected chi connectivity index (χ0v) is 8.07. The Labute approximate surface area is 90.7 Å². The van der Waals surface area contributed by atoms with Crippen LogP contribution in [0.1, 0.15) is 11.1 Å². The summed E-state index contributed by atoms with van der Waals surface area (Å²) in [7, 11) is 0. The van der Waals surface area contributed by atoms with Gasteiger partial charge in [0.25, 0.3) is 0 Å². The van der Waals surface area contributed by atoms with Crippen molar-refractivity contribution in [2.45, 2.75) is 0 Å². The predicted molar refractivity (Wildman–Crippen MR) is 58.5 cm³/mol. The molecule has 0 N–H and O–H groups in total. The Bertz CT molecular complexity index is 419. The maximum Gasteiger partial charge on any atom is 0.0991 e. The molecule has 15 heavy (non-hydrogen) atoms. The minimum atomic E-state index is 0.661. The molecule has 5 radical (unpaired) electrons. The van der Waals surface area contributed by atoms with Gasteiger partial charge in [0.2, 0.25) is 0 Å². The fourth-order valence-electron chi connectivity index (χ4n) is 1.23. The first-order valence-corrected chi connectivity index (χ1v) is 4.62. The first-order valence-electron chi connectivity index (χ1n) is 4.62. The molecule has 0 amide bonds. The second-order valence-corrected chi connectivity index (χ2v) is 3.11. The van der Waals surface area contributed by atoms with Crippen molar-refractivity contribution in [3.8, 4) is 17.9 Å². The van der Waals surface area contributed by atoms with E-state index in [9.17, 15) is 0 Å². The molecule has 0 heterocycles. The second kappa shape index (κ2) is 4.67. The third-order valence-electron chi connectivity index (χ3n) is 2.03. The zero-order chi connectivity index (χ0) is 10.5. The number of nitriles is 1. The molecule has 0 unspecified atom stereocenters. The van der Waals surface area contributed by atoms with Gasteiger partial charge in [-0.3, -0.25) is 0 Å². The van der Waals surface area contributed by atoms with Crippen LogP contribution in [-0.4, -0.2) is 0 Å². The van der Waals surface area contributed by atoms with E-state index in [0.717, 1.165) is 11.5 Å². The third-order valence-corrected chi connectivity index (χ3v) is 2.03. The summed E-state index contributed by atoms with van der Waals surface area (Å²) in [5, 5.41) is 8.62. The third kappa shape index (κ3) is 2.61. The van der Waals surface area contributed by atoms with Gasteiger partial charge >= 0.3 is 0 Å². The second-order valence-electron chi connectivity index (χ2n) is 3.11. The van der Waals surface area contributed by atoms with Crippen molar-refractivity contribution in [3.05, 3.63) is 67.0 Å². The summed E-state index contributed by atoms with van der Waals surface area (Å²) in [4.78, 5) is 0. The van der Waals surface area contributed by atoms with Gasteiger partial charge in [-0.2, -0.15) is 5.26 Å². The molecular formula is C14H8N. The maximum atomic E-state index is 8.62. The van der Waals surface area contributed by atoms with Crippen LogP contribution < -0.4 is 0 Å². The highest BCUT2D eigenvalue weighted by atomic mass is 14.2. The number of rotatable bonds is 0. The van der Waals surface area contributed by atoms with Gasteiger partial charge in [0.05, 0.1) is 17.6 Å². The molecule has 0 aromatic heterocycles. The van der Waals surface area contributed by atoms with E-state index in [0.29, 0.717) is 5.56 Å². The Hall–Kier alpha value is -1.73. The Kier molecular flexibility index (Phi) is 3.05. The molecule has 1 heteroatoms. The van der Waals surface area contributed by atoms with E-state index >= 15 is 0 Å². The maximum absolute atomic E-state index is 8.62. The summed E-state index contributed by atoms with van der Waals surface area (Å²) in [6.45, 7) is 0. The van der Waals surface area contributed by atoms with Crippen LogP contribution in [0.5, 0.6) is 0 Å². The topological polar surface area (TPSA) is 23.8 Å². The highest BCUT2D eigenvalue weighted by molar-refractivity contribution is 5.50. The minimum absolute atomic E-state index is 0.661. The molecule has 0 atom stereocenters. The van der Waals surface area contributed by atoms with Crippen molar-refractivity contribution in [2.75, 3.05) is 0 Å². The van der Waals surface area contributed by atoms with E-state index in [-0.39, 0.29) is 0 Å². The van der Waals surface area contributed by atoms with Crippen LogP contribution in [0.3, 0.4) is 0 Å². The van der Waals surface area contributed by atoms with E-state index in [1.54, 1.807) is 12.1 Å². The predicted octanol–water partition coefficient (Wildman–Crippen LogP) is 2.32. The summed E-state index contributed by atoms with van der Waals surface area (Å²) in [5.41, 5.74) is 1.59. The molecule has 0 aliphatic heterocycles. The van der Waals surface area contributed by atoms with Crippen molar-refractivity contribution < 1.29 is 0 Å². The van der Waals surface area contributed by atoms with E-state index in [1.165, 1.54) is 0 Å². The van der Waals surface area contributed by atoms with E-state index in [2.05, 4.69) is 17.9 Å². The molecule has 69 valence electrons. The molecule has 2 rings (SSSR count). The molecule has 0 spiro atoms. The average Bonchev–Trinajstić information content (AvgIpc) is 2.80. The number of hydrogen-bond donors (Lipinski definition) is 0. The SMILES string of the molecule is N#Cc1ccc(C#C[C]2[CH][CH][CH][CH]2)cc1. The minimum Gasteiger partial charge on any atom is -0.192 e. The smallest absolute Gasteiger partial charge is 0.0991 e. The van der Waals surface area contributed by atoms with E-state index in [1.807, 2.05) is 37.8 Å². The van der Waals surface area contributed by atoms with Crippen molar-refractivity contribution >= 4 is 0 Å². The summed E-state index contributed by atoms with van der Waals surface area (Å²) < 4.78 is 0. The van der Waals surface area contributed by atoms with Crippen LogP contribution in [0.25, 0.3) is 0 Å². The molecule has 1 fully saturated rings. The van der Waals surface area contributed by atoms with Gasteiger partial charge in [0.1, 0.15) is 0 Å². The Morgan fingerprint density at radius 3 is 2.00 bits per heavy atom. The van der Waals surface area contributed by atoms with Gasteiger partial charge in [-0.05, 0) is 49.9 Å². The van der Waals surface area contributed by atoms with E-state index in [4.69, 9.17) is 5.26 Å². The molecule has 1 aliphatic carbocycles. The molecule has 1 aliphatic rings. The molecule has 1 aromatic carbocycles. The zero-order valence-electron chi connectivity index (χ0n) is 8.07. The number of nitrogens with zero attached hydrogens (tertiary/aromatic N) is 1. The molecule has 1 nitrogen and oxygen atoms in total. The Morgan fingerprint density at radius 1 is 0.800 bits per heavy atom. The van der Waals surface area contributed by atoms with Gasteiger partial charge < -0.3 is 0 Å². The van der Waals surface area contributed by atoms with Gasteiger partial charge in [-0.1, -0.05) is 11.8 Å². The van der Waals surface area contributed by atoms with Gasteiger partial charge in [0, 0.05) is 5.56 Å². The van der Waals surface area contributed by atoms with Crippen LogP contribution >= 0.6 is 0 Å². The van der Waals surface area contributed by atoms with Crippen molar-refractivity contribution in [1.29, 1.82) is 5.26 Å². The molecular weight excluding hydrogens is 182 g/mol. The molecule has 1 aromatic rings. The quantitative estimate of drug-likeness (QED) is 0.576. The van der Waals surface area contributed by atoms with Gasteiger partial charge in [0.15, 0.2) is 0 Å². The monoisotopic (exact) mass is 190 g/mol. The number of benzene rings is 1. The fraction of sp³-hybridized carbons (Fsp3) is 0.